The van der Waals surface area contributed by atoms with Crippen LogP contribution in [-0.4, -0.2) is 62.6 Å². The number of β-amino-alcohol motifs (C(OH)–C–C–N with tert-alkyl or cyclic N) is 1. The van der Waals surface area contributed by atoms with Crippen molar-refractivity contribution >= 4 is 11.6 Å². The molecule has 28 heavy (non-hydrogen) atoms. The molecule has 0 aliphatic carbocycles. The first kappa shape index (κ1) is 19.1. The van der Waals surface area contributed by atoms with Crippen molar-refractivity contribution in [1.29, 1.82) is 0 Å². The Hall–Kier alpha value is -2.25. The third-order valence-corrected chi connectivity index (χ3v) is 6.32. The summed E-state index contributed by atoms with van der Waals surface area (Å²) in [5, 5.41) is 10.5. The van der Waals surface area contributed by atoms with Gasteiger partial charge < -0.3 is 14.6 Å². The maximum Gasteiger partial charge on any atom is 0.161 e. The highest BCUT2D eigenvalue weighted by molar-refractivity contribution is 5.94. The van der Waals surface area contributed by atoms with Gasteiger partial charge in [-0.15, -0.1) is 0 Å². The molecule has 2 saturated heterocycles. The van der Waals surface area contributed by atoms with Crippen LogP contribution in [0, 0.1) is 5.41 Å². The molecule has 7 nitrogen and oxygen atoms in total. The Balaban J connectivity index is 1.40. The topological polar surface area (TPSA) is 74.5 Å². The van der Waals surface area contributed by atoms with Gasteiger partial charge >= 0.3 is 0 Å². The summed E-state index contributed by atoms with van der Waals surface area (Å²) >= 11 is 0. The van der Waals surface area contributed by atoms with Crippen molar-refractivity contribution in [1.82, 2.24) is 19.4 Å². The zero-order valence-corrected chi connectivity index (χ0v) is 16.7. The van der Waals surface area contributed by atoms with Gasteiger partial charge in [0.2, 0.25) is 0 Å². The minimum absolute atomic E-state index is 0.111. The molecule has 0 aromatic carbocycles. The molecule has 7 heteroatoms. The largest absolute Gasteiger partial charge is 0.391 e. The Morgan fingerprint density at radius 1 is 1.32 bits per heavy atom. The van der Waals surface area contributed by atoms with E-state index in [1.54, 1.807) is 25.5 Å². The first-order valence-electron chi connectivity index (χ1n) is 10.0. The molecule has 0 radical (unpaired) electrons. The number of aliphatic hydroxyl groups excluding tert-OH is 1. The summed E-state index contributed by atoms with van der Waals surface area (Å²) in [5.41, 5.74) is 2.08. The van der Waals surface area contributed by atoms with E-state index in [2.05, 4.69) is 24.3 Å². The highest BCUT2D eigenvalue weighted by Gasteiger charge is 2.42. The quantitative estimate of drug-likeness (QED) is 0.813. The third kappa shape index (κ3) is 3.95. The van der Waals surface area contributed by atoms with Crippen LogP contribution in [0.2, 0.25) is 0 Å². The maximum atomic E-state index is 11.6. The fraction of sp³-hybridized carbons (Fsp3) is 0.571. The lowest BCUT2D eigenvalue weighted by Crippen LogP contribution is -2.54. The van der Waals surface area contributed by atoms with Gasteiger partial charge in [-0.05, 0) is 50.8 Å². The van der Waals surface area contributed by atoms with E-state index in [-0.39, 0.29) is 17.3 Å². The van der Waals surface area contributed by atoms with E-state index in [1.165, 1.54) is 5.69 Å². The van der Waals surface area contributed by atoms with Crippen molar-refractivity contribution < 1.29 is 9.90 Å². The molecule has 1 spiro atoms. The standard InChI is InChI=1S/C21H29N5O2/c1-16(27)17-9-18(24(2)12-17)13-25-7-3-21(4-8-25)10-19(28)14-26(15-21)20-11-22-5-6-23-20/h5-6,9,11-12,19,28H,3-4,7-8,10,13-15H2,1-2H3. The molecule has 1 atom stereocenters. The number of nitrogens with zero attached hydrogens (tertiary/aromatic N) is 5. The fourth-order valence-electron chi connectivity index (χ4n) is 4.72. The number of piperidine rings is 2. The van der Waals surface area contributed by atoms with Crippen LogP contribution in [0.1, 0.15) is 42.2 Å². The van der Waals surface area contributed by atoms with E-state index in [0.29, 0.717) is 6.54 Å². The lowest BCUT2D eigenvalue weighted by atomic mass is 9.71. The van der Waals surface area contributed by atoms with Crippen molar-refractivity contribution in [2.45, 2.75) is 38.8 Å². The SMILES string of the molecule is CC(=O)c1cc(CN2CCC3(CC2)CC(O)CN(c2cnccn2)C3)n(C)c1. The first-order valence-corrected chi connectivity index (χ1v) is 10.0. The van der Waals surface area contributed by atoms with Gasteiger partial charge in [-0.1, -0.05) is 0 Å². The molecule has 2 fully saturated rings. The van der Waals surface area contributed by atoms with Gasteiger partial charge in [0.25, 0.3) is 0 Å². The molecule has 1 unspecified atom stereocenters. The Kier molecular flexibility index (Phi) is 5.21. The third-order valence-electron chi connectivity index (χ3n) is 6.32. The number of Topliss-reactive ketones (excluding diaryl/α,β-unsaturated/α-hetero) is 1. The summed E-state index contributed by atoms with van der Waals surface area (Å²) in [6.45, 7) is 6.02. The molecule has 4 rings (SSSR count). The number of carbonyl (C=O) groups is 1. The summed E-state index contributed by atoms with van der Waals surface area (Å²) in [6, 6.07) is 2.01. The van der Waals surface area contributed by atoms with E-state index in [9.17, 15) is 9.90 Å². The van der Waals surface area contributed by atoms with Gasteiger partial charge in [0.05, 0.1) is 12.3 Å². The number of rotatable bonds is 4. The van der Waals surface area contributed by atoms with Crippen LogP contribution in [0.4, 0.5) is 5.82 Å². The maximum absolute atomic E-state index is 11.6. The monoisotopic (exact) mass is 383 g/mol. The minimum atomic E-state index is -0.326. The summed E-state index contributed by atoms with van der Waals surface area (Å²) in [6.07, 6.45) is 9.74. The molecule has 2 aromatic heterocycles. The number of aromatic nitrogens is 3. The van der Waals surface area contributed by atoms with Crippen molar-refractivity contribution in [2.24, 2.45) is 12.5 Å². The molecule has 2 aliphatic rings. The van der Waals surface area contributed by atoms with Crippen molar-refractivity contribution in [3.8, 4) is 0 Å². The molecule has 0 bridgehead atoms. The number of aryl methyl sites for hydroxylation is 1. The molecule has 0 amide bonds. The van der Waals surface area contributed by atoms with E-state index < -0.39 is 0 Å². The molecule has 0 saturated carbocycles. The number of anilines is 1. The average Bonchev–Trinajstić information content (AvgIpc) is 3.05. The second-order valence-electron chi connectivity index (χ2n) is 8.47. The zero-order chi connectivity index (χ0) is 19.7. The Morgan fingerprint density at radius 3 is 2.75 bits per heavy atom. The number of likely N-dealkylation sites (tertiary alicyclic amines) is 1. The highest BCUT2D eigenvalue weighted by Crippen LogP contribution is 2.41. The fourth-order valence-corrected chi connectivity index (χ4v) is 4.72. The Morgan fingerprint density at radius 2 is 2.11 bits per heavy atom. The predicted octanol–water partition coefficient (Wildman–Crippen LogP) is 1.87. The van der Waals surface area contributed by atoms with Gasteiger partial charge in [0, 0.05) is 56.5 Å². The van der Waals surface area contributed by atoms with Gasteiger partial charge in [-0.2, -0.15) is 0 Å². The average molecular weight is 383 g/mol. The summed E-state index contributed by atoms with van der Waals surface area (Å²) in [7, 11) is 2.00. The lowest BCUT2D eigenvalue weighted by molar-refractivity contribution is 0.0239. The minimum Gasteiger partial charge on any atom is -0.391 e. The number of ketones is 1. The van der Waals surface area contributed by atoms with Gasteiger partial charge in [-0.3, -0.25) is 14.7 Å². The van der Waals surface area contributed by atoms with E-state index >= 15 is 0 Å². The van der Waals surface area contributed by atoms with Crippen molar-refractivity contribution in [2.75, 3.05) is 31.1 Å². The molecule has 2 aromatic rings. The smallest absolute Gasteiger partial charge is 0.161 e. The van der Waals surface area contributed by atoms with Crippen LogP contribution in [0.5, 0.6) is 0 Å². The van der Waals surface area contributed by atoms with E-state index in [4.69, 9.17) is 0 Å². The molecule has 1 N–H and O–H groups in total. The molecular formula is C21H29N5O2. The summed E-state index contributed by atoms with van der Waals surface area (Å²) in [4.78, 5) is 24.9. The van der Waals surface area contributed by atoms with Crippen LogP contribution in [0.3, 0.4) is 0 Å². The van der Waals surface area contributed by atoms with Crippen LogP contribution >= 0.6 is 0 Å². The van der Waals surface area contributed by atoms with E-state index in [1.807, 2.05) is 19.3 Å². The Labute approximate surface area is 166 Å². The highest BCUT2D eigenvalue weighted by atomic mass is 16.3. The summed E-state index contributed by atoms with van der Waals surface area (Å²) in [5.74, 6) is 0.961. The van der Waals surface area contributed by atoms with E-state index in [0.717, 1.165) is 56.8 Å². The molecule has 4 heterocycles. The van der Waals surface area contributed by atoms with Crippen LogP contribution in [0.15, 0.2) is 30.9 Å². The van der Waals surface area contributed by atoms with Crippen LogP contribution in [-0.2, 0) is 13.6 Å². The van der Waals surface area contributed by atoms with Gasteiger partial charge in [0.1, 0.15) is 5.82 Å². The predicted molar refractivity (Wildman–Crippen MR) is 107 cm³/mol. The molecular weight excluding hydrogens is 354 g/mol. The number of aliphatic hydroxyl groups is 1. The second-order valence-corrected chi connectivity index (χ2v) is 8.47. The number of hydrogen-bond donors (Lipinski definition) is 1. The Bertz CT molecular complexity index is 827. The van der Waals surface area contributed by atoms with Crippen molar-refractivity contribution in [3.63, 3.8) is 0 Å². The molecule has 150 valence electrons. The summed E-state index contributed by atoms with van der Waals surface area (Å²) < 4.78 is 2.06. The van der Waals surface area contributed by atoms with Crippen molar-refractivity contribution in [3.05, 3.63) is 42.1 Å². The lowest BCUT2D eigenvalue weighted by Gasteiger charge is -2.49. The number of hydrogen-bond acceptors (Lipinski definition) is 6. The molecule has 2 aliphatic heterocycles. The van der Waals surface area contributed by atoms with Crippen LogP contribution in [0.25, 0.3) is 0 Å². The van der Waals surface area contributed by atoms with Gasteiger partial charge in [-0.25, -0.2) is 4.98 Å². The number of carbonyl (C=O) groups excluding carboxylic acids is 1. The first-order chi connectivity index (χ1) is 13.4. The second kappa shape index (κ2) is 7.64. The van der Waals surface area contributed by atoms with Gasteiger partial charge in [0.15, 0.2) is 5.78 Å². The van der Waals surface area contributed by atoms with Crippen LogP contribution < -0.4 is 4.90 Å². The normalized spacial score (nSPS) is 22.5. The zero-order valence-electron chi connectivity index (χ0n) is 16.7.